The Hall–Kier alpha value is -2.98. The fourth-order valence-electron chi connectivity index (χ4n) is 4.33. The van der Waals surface area contributed by atoms with E-state index >= 15 is 0 Å². The summed E-state index contributed by atoms with van der Waals surface area (Å²) < 4.78 is 48.0. The molecule has 16 heteroatoms. The second kappa shape index (κ2) is 31.0. The number of rotatable bonds is 29. The van der Waals surface area contributed by atoms with Gasteiger partial charge in [0.25, 0.3) is 0 Å². The number of halogens is 3. The molecule has 0 radical (unpaired) electrons. The molecule has 0 aliphatic heterocycles. The number of nitrogens with two attached hydrogens (primary N) is 3. The monoisotopic (exact) mass is 714 g/mol. The zero-order chi connectivity index (χ0) is 37.4. The Morgan fingerprint density at radius 1 is 0.551 bits per heavy atom. The van der Waals surface area contributed by atoms with Crippen LogP contribution in [0.5, 0.6) is 0 Å². The van der Waals surface area contributed by atoms with E-state index in [4.69, 9.17) is 41.3 Å². The molecule has 0 saturated heterocycles. The lowest BCUT2D eigenvalue weighted by Gasteiger charge is -2.33. The van der Waals surface area contributed by atoms with Crippen molar-refractivity contribution >= 4 is 29.8 Å². The molecule has 288 valence electrons. The molecule has 0 atom stereocenters. The standard InChI is InChI=1S/C31H60N4O7.C2HF3O2/c1-2-3-4-5-6-7-8-9-10-11-12-13-17-27(36)35-31(24-40-28(37)18-14-21-32,25-41-29(38)19-15-22-33)26-42-30(39)20-16-23-34;3-2(4,5)1(6)7/h2-26,32-34H2,1H3,(H,35,36);(H,6,7). The maximum Gasteiger partial charge on any atom is 0.490 e. The van der Waals surface area contributed by atoms with Crippen molar-refractivity contribution in [1.82, 2.24) is 5.32 Å². The highest BCUT2D eigenvalue weighted by Gasteiger charge is 2.38. The average molecular weight is 715 g/mol. The van der Waals surface area contributed by atoms with E-state index in [2.05, 4.69) is 12.2 Å². The summed E-state index contributed by atoms with van der Waals surface area (Å²) in [5.41, 5.74) is 15.0. The first kappa shape index (κ1) is 48.1. The first-order valence-electron chi connectivity index (χ1n) is 17.4. The Kier molecular flexibility index (Phi) is 30.5. The molecule has 13 nitrogen and oxygen atoms in total. The zero-order valence-electron chi connectivity index (χ0n) is 29.3. The number of esters is 3. The molecule has 0 bridgehead atoms. The van der Waals surface area contributed by atoms with Crippen LogP contribution in [0, 0.1) is 0 Å². The maximum absolute atomic E-state index is 13.0. The third kappa shape index (κ3) is 30.8. The summed E-state index contributed by atoms with van der Waals surface area (Å²) in [5.74, 6) is -4.58. The zero-order valence-corrected chi connectivity index (χ0v) is 29.3. The van der Waals surface area contributed by atoms with Crippen LogP contribution in [0.1, 0.15) is 129 Å². The van der Waals surface area contributed by atoms with Gasteiger partial charge in [-0.2, -0.15) is 13.2 Å². The Labute approximate surface area is 288 Å². The Morgan fingerprint density at radius 2 is 0.857 bits per heavy atom. The van der Waals surface area contributed by atoms with Gasteiger partial charge in [0.2, 0.25) is 5.91 Å². The summed E-state index contributed by atoms with van der Waals surface area (Å²) in [7, 11) is 0. The predicted molar refractivity (Wildman–Crippen MR) is 178 cm³/mol. The number of carbonyl (C=O) groups excluding carboxylic acids is 4. The normalized spacial score (nSPS) is 11.2. The highest BCUT2D eigenvalue weighted by molar-refractivity contribution is 5.77. The Bertz CT molecular complexity index is 849. The van der Waals surface area contributed by atoms with Crippen LogP contribution in [-0.2, 0) is 38.2 Å². The lowest BCUT2D eigenvalue weighted by Crippen LogP contribution is -2.59. The summed E-state index contributed by atoms with van der Waals surface area (Å²) in [4.78, 5) is 58.7. The van der Waals surface area contributed by atoms with Gasteiger partial charge in [-0.05, 0) is 45.3 Å². The molecule has 0 aromatic heterocycles. The first-order valence-corrected chi connectivity index (χ1v) is 17.4. The van der Waals surface area contributed by atoms with Gasteiger partial charge in [-0.1, -0.05) is 77.6 Å². The maximum atomic E-state index is 13.0. The van der Waals surface area contributed by atoms with Crippen molar-refractivity contribution < 1.29 is 56.5 Å². The number of nitrogens with one attached hydrogen (secondary N) is 1. The molecule has 0 saturated carbocycles. The molecular formula is C33H61F3N4O9. The summed E-state index contributed by atoms with van der Waals surface area (Å²) in [6.45, 7) is 2.24. The van der Waals surface area contributed by atoms with E-state index in [1.807, 2.05) is 0 Å². The van der Waals surface area contributed by atoms with Gasteiger partial charge in [0.15, 0.2) is 0 Å². The number of carbonyl (C=O) groups is 5. The molecule has 0 spiro atoms. The third-order valence-electron chi connectivity index (χ3n) is 7.19. The van der Waals surface area contributed by atoms with E-state index in [9.17, 15) is 32.3 Å². The van der Waals surface area contributed by atoms with Gasteiger partial charge in [0, 0.05) is 25.7 Å². The number of aliphatic carboxylic acids is 1. The van der Waals surface area contributed by atoms with Crippen molar-refractivity contribution in [3.63, 3.8) is 0 Å². The quantitative estimate of drug-likeness (QED) is 0.0413. The van der Waals surface area contributed by atoms with Gasteiger partial charge >= 0.3 is 30.1 Å². The van der Waals surface area contributed by atoms with Gasteiger partial charge in [-0.3, -0.25) is 19.2 Å². The summed E-state index contributed by atoms with van der Waals surface area (Å²) in [6, 6.07) is 0. The molecule has 8 N–H and O–H groups in total. The molecule has 0 heterocycles. The van der Waals surface area contributed by atoms with Crippen molar-refractivity contribution in [1.29, 1.82) is 0 Å². The Morgan fingerprint density at radius 3 is 1.14 bits per heavy atom. The van der Waals surface area contributed by atoms with E-state index in [0.29, 0.717) is 45.3 Å². The van der Waals surface area contributed by atoms with Crippen LogP contribution in [0.2, 0.25) is 0 Å². The fourth-order valence-corrected chi connectivity index (χ4v) is 4.33. The Balaban J connectivity index is 0. The molecule has 0 rings (SSSR count). The minimum Gasteiger partial charge on any atom is -0.475 e. The molecular weight excluding hydrogens is 653 g/mol. The second-order valence-electron chi connectivity index (χ2n) is 11.9. The van der Waals surface area contributed by atoms with E-state index in [0.717, 1.165) is 19.3 Å². The van der Waals surface area contributed by atoms with Gasteiger partial charge in [-0.25, -0.2) is 4.79 Å². The second-order valence-corrected chi connectivity index (χ2v) is 11.9. The molecule has 0 aromatic carbocycles. The fraction of sp³-hybridized carbons (Fsp3) is 0.848. The van der Waals surface area contributed by atoms with E-state index in [-0.39, 0.29) is 51.4 Å². The number of ether oxygens (including phenoxy) is 3. The van der Waals surface area contributed by atoms with Crippen LogP contribution >= 0.6 is 0 Å². The number of unbranched alkanes of at least 4 members (excludes halogenated alkanes) is 11. The van der Waals surface area contributed by atoms with Crippen molar-refractivity contribution in [2.24, 2.45) is 17.2 Å². The van der Waals surface area contributed by atoms with Crippen LogP contribution in [0.25, 0.3) is 0 Å². The topological polar surface area (TPSA) is 223 Å². The lowest BCUT2D eigenvalue weighted by molar-refractivity contribution is -0.192. The summed E-state index contributed by atoms with van der Waals surface area (Å²) >= 11 is 0. The minimum atomic E-state index is -5.08. The molecule has 0 aliphatic carbocycles. The molecule has 0 aliphatic rings. The number of alkyl halides is 3. The van der Waals surface area contributed by atoms with E-state index in [1.165, 1.54) is 51.4 Å². The van der Waals surface area contributed by atoms with Gasteiger partial charge in [0.1, 0.15) is 25.4 Å². The van der Waals surface area contributed by atoms with Gasteiger partial charge < -0.3 is 41.8 Å². The van der Waals surface area contributed by atoms with Crippen LogP contribution in [0.3, 0.4) is 0 Å². The average Bonchev–Trinajstić information content (AvgIpc) is 3.06. The SMILES string of the molecule is CCCCCCCCCCCCCCC(=O)NC(COC(=O)CCCN)(COC(=O)CCCN)COC(=O)CCCN.O=C(O)C(F)(F)F. The molecule has 0 aromatic rings. The molecule has 1 amide bonds. The number of carboxylic acid groups (broad SMARTS) is 1. The predicted octanol–water partition coefficient (Wildman–Crippen LogP) is 4.41. The third-order valence-corrected chi connectivity index (χ3v) is 7.19. The minimum absolute atomic E-state index is 0.103. The van der Waals surface area contributed by atoms with E-state index in [1.54, 1.807) is 0 Å². The van der Waals surface area contributed by atoms with Crippen molar-refractivity contribution in [3.05, 3.63) is 0 Å². The van der Waals surface area contributed by atoms with Crippen molar-refractivity contribution in [2.45, 2.75) is 141 Å². The van der Waals surface area contributed by atoms with Crippen LogP contribution < -0.4 is 22.5 Å². The van der Waals surface area contributed by atoms with Crippen molar-refractivity contribution in [2.75, 3.05) is 39.5 Å². The number of amides is 1. The smallest absolute Gasteiger partial charge is 0.475 e. The summed E-state index contributed by atoms with van der Waals surface area (Å²) in [6.07, 6.45) is 11.0. The first-order chi connectivity index (χ1) is 23.3. The number of hydrogen-bond acceptors (Lipinski definition) is 11. The molecule has 0 fully saturated rings. The van der Waals surface area contributed by atoms with Crippen LogP contribution in [0.15, 0.2) is 0 Å². The molecule has 0 unspecified atom stereocenters. The van der Waals surface area contributed by atoms with Crippen LogP contribution in [0.4, 0.5) is 13.2 Å². The lowest BCUT2D eigenvalue weighted by atomic mass is 10.0. The summed E-state index contributed by atoms with van der Waals surface area (Å²) in [5, 5.41) is 9.98. The number of carboxylic acids is 1. The highest BCUT2D eigenvalue weighted by atomic mass is 19.4. The number of hydrogen-bond donors (Lipinski definition) is 5. The van der Waals surface area contributed by atoms with Gasteiger partial charge in [0.05, 0.1) is 0 Å². The van der Waals surface area contributed by atoms with E-state index < -0.39 is 35.6 Å². The largest absolute Gasteiger partial charge is 0.490 e. The van der Waals surface area contributed by atoms with Crippen LogP contribution in [-0.4, -0.2) is 86.1 Å². The van der Waals surface area contributed by atoms with Crippen molar-refractivity contribution in [3.8, 4) is 0 Å². The highest BCUT2D eigenvalue weighted by Crippen LogP contribution is 2.16. The van der Waals surface area contributed by atoms with Gasteiger partial charge in [-0.15, -0.1) is 0 Å². The molecule has 49 heavy (non-hydrogen) atoms.